The molecule has 0 aliphatic heterocycles. The minimum atomic E-state index is -0.230. The number of carbonyl (C=O) groups is 1. The normalized spacial score (nSPS) is 12.6. The summed E-state index contributed by atoms with van der Waals surface area (Å²) in [5.41, 5.74) is 1.61. The topological polar surface area (TPSA) is 52.3 Å². The molecule has 0 saturated carbocycles. The van der Waals surface area contributed by atoms with Gasteiger partial charge in [0.15, 0.2) is 5.58 Å². The van der Waals surface area contributed by atoms with Gasteiger partial charge in [-0.25, -0.2) is 4.98 Å². The first kappa shape index (κ1) is 12.0. The highest BCUT2D eigenvalue weighted by Gasteiger charge is 2.15. The minimum absolute atomic E-state index is 0.213. The number of nitrogens with zero attached hydrogens (tertiary/aromatic N) is 1. The van der Waals surface area contributed by atoms with Crippen LogP contribution < -0.4 is 0 Å². The zero-order valence-corrected chi connectivity index (χ0v) is 10.5. The molecular formula is C12H13NO3S. The van der Waals surface area contributed by atoms with Crippen LogP contribution in [0.15, 0.2) is 28.7 Å². The Kier molecular flexibility index (Phi) is 3.68. The third-order valence-corrected chi connectivity index (χ3v) is 3.43. The van der Waals surface area contributed by atoms with Crippen molar-refractivity contribution in [2.45, 2.75) is 17.9 Å². The highest BCUT2D eigenvalue weighted by molar-refractivity contribution is 7.99. The zero-order valence-electron chi connectivity index (χ0n) is 9.67. The maximum Gasteiger partial charge on any atom is 0.318 e. The predicted molar refractivity (Wildman–Crippen MR) is 66.8 cm³/mol. The molecule has 0 amide bonds. The Morgan fingerprint density at radius 3 is 3.00 bits per heavy atom. The van der Waals surface area contributed by atoms with Crippen LogP contribution in [0.5, 0.6) is 0 Å². The molecule has 0 aliphatic carbocycles. The fraction of sp³-hybridized carbons (Fsp3) is 0.333. The number of ether oxygens (including phenoxy) is 1. The number of fused-ring (bicyclic) bond motifs is 1. The van der Waals surface area contributed by atoms with Gasteiger partial charge < -0.3 is 9.15 Å². The number of hydrogen-bond donors (Lipinski definition) is 0. The summed E-state index contributed by atoms with van der Waals surface area (Å²) in [4.78, 5) is 15.5. The summed E-state index contributed by atoms with van der Waals surface area (Å²) < 4.78 is 10.2. The van der Waals surface area contributed by atoms with Crippen LogP contribution in [0, 0.1) is 0 Å². The van der Waals surface area contributed by atoms with Crippen molar-refractivity contribution in [3.63, 3.8) is 0 Å². The van der Waals surface area contributed by atoms with Crippen molar-refractivity contribution >= 4 is 28.8 Å². The molecule has 1 aromatic heterocycles. The molecule has 4 nitrogen and oxygen atoms in total. The van der Waals surface area contributed by atoms with Crippen molar-refractivity contribution in [2.24, 2.45) is 0 Å². The van der Waals surface area contributed by atoms with Crippen LogP contribution in [0.3, 0.4) is 0 Å². The van der Waals surface area contributed by atoms with Crippen LogP contribution in [-0.2, 0) is 15.3 Å². The van der Waals surface area contributed by atoms with Crippen molar-refractivity contribution in [1.82, 2.24) is 4.98 Å². The number of methoxy groups -OCH3 is 1. The molecule has 0 saturated heterocycles. The number of para-hydroxylation sites is 2. The second kappa shape index (κ2) is 5.23. The minimum Gasteiger partial charge on any atom is -0.468 e. The maximum absolute atomic E-state index is 11.2. The summed E-state index contributed by atoms with van der Waals surface area (Å²) in [7, 11) is 1.39. The second-order valence-corrected chi connectivity index (χ2v) is 4.88. The molecule has 0 fully saturated rings. The quantitative estimate of drug-likeness (QED) is 0.782. The average Bonchev–Trinajstić information content (AvgIpc) is 2.77. The van der Waals surface area contributed by atoms with Crippen LogP contribution in [0.1, 0.15) is 12.8 Å². The summed E-state index contributed by atoms with van der Waals surface area (Å²) in [5.74, 6) is 0.961. The summed E-state index contributed by atoms with van der Waals surface area (Å²) in [6.07, 6.45) is 0. The molecule has 1 atom stereocenters. The smallest absolute Gasteiger partial charge is 0.318 e. The second-order valence-electron chi connectivity index (χ2n) is 3.55. The van der Waals surface area contributed by atoms with Gasteiger partial charge in [0.2, 0.25) is 5.89 Å². The van der Waals surface area contributed by atoms with Crippen LogP contribution >= 0.6 is 11.8 Å². The Hall–Kier alpha value is -1.49. The van der Waals surface area contributed by atoms with Crippen LogP contribution in [0.25, 0.3) is 11.1 Å². The molecule has 0 radical (unpaired) electrons. The van der Waals surface area contributed by atoms with E-state index >= 15 is 0 Å². The van der Waals surface area contributed by atoms with E-state index in [0.29, 0.717) is 11.6 Å². The highest BCUT2D eigenvalue weighted by Crippen LogP contribution is 2.21. The lowest BCUT2D eigenvalue weighted by Crippen LogP contribution is -2.14. The summed E-state index contributed by atoms with van der Waals surface area (Å²) in [6, 6.07) is 7.59. The van der Waals surface area contributed by atoms with Gasteiger partial charge in [0.05, 0.1) is 12.9 Å². The van der Waals surface area contributed by atoms with E-state index in [1.54, 1.807) is 6.92 Å². The fourth-order valence-corrected chi connectivity index (χ4v) is 2.16. The molecule has 0 N–H and O–H groups in total. The highest BCUT2D eigenvalue weighted by atomic mass is 32.2. The molecular weight excluding hydrogens is 238 g/mol. The molecule has 0 aliphatic rings. The van der Waals surface area contributed by atoms with Crippen molar-refractivity contribution in [1.29, 1.82) is 0 Å². The van der Waals surface area contributed by atoms with E-state index in [-0.39, 0.29) is 11.2 Å². The number of oxazole rings is 1. The molecule has 2 aromatic rings. The Bertz CT molecular complexity index is 490. The number of hydrogen-bond acceptors (Lipinski definition) is 5. The summed E-state index contributed by atoms with van der Waals surface area (Å²) in [6.45, 7) is 1.80. The molecule has 1 heterocycles. The van der Waals surface area contributed by atoms with Gasteiger partial charge in [-0.15, -0.1) is 11.8 Å². The number of aromatic nitrogens is 1. The zero-order chi connectivity index (χ0) is 12.3. The van der Waals surface area contributed by atoms with Crippen molar-refractivity contribution in [3.8, 4) is 0 Å². The third kappa shape index (κ3) is 2.79. The van der Waals surface area contributed by atoms with Gasteiger partial charge in [-0.05, 0) is 19.1 Å². The van der Waals surface area contributed by atoms with Gasteiger partial charge in [0, 0.05) is 0 Å². The molecule has 0 unspecified atom stereocenters. The Balaban J connectivity index is 2.01. The first-order valence-corrected chi connectivity index (χ1v) is 6.29. The Morgan fingerprint density at radius 1 is 1.53 bits per heavy atom. The molecule has 0 spiro atoms. The number of carbonyl (C=O) groups excluding carboxylic acids is 1. The molecule has 5 heteroatoms. The van der Waals surface area contributed by atoms with Gasteiger partial charge in [0.1, 0.15) is 10.8 Å². The van der Waals surface area contributed by atoms with Crippen LogP contribution in [0.2, 0.25) is 0 Å². The van der Waals surface area contributed by atoms with Gasteiger partial charge in [0.25, 0.3) is 0 Å². The standard InChI is InChI=1S/C12H13NO3S/c1-8(12(14)15-2)17-7-11-13-9-5-3-4-6-10(9)16-11/h3-6,8H,7H2,1-2H3/t8-/m1/s1. The number of thioether (sulfide) groups is 1. The third-order valence-electron chi connectivity index (χ3n) is 2.33. The van der Waals surface area contributed by atoms with Crippen molar-refractivity contribution < 1.29 is 13.9 Å². The molecule has 90 valence electrons. The van der Waals surface area contributed by atoms with Gasteiger partial charge >= 0.3 is 5.97 Å². The SMILES string of the molecule is COC(=O)[C@@H](C)SCc1nc2ccccc2o1. The van der Waals surface area contributed by atoms with E-state index in [2.05, 4.69) is 9.72 Å². The van der Waals surface area contributed by atoms with Crippen LogP contribution in [-0.4, -0.2) is 23.3 Å². The molecule has 2 rings (SSSR count). The van der Waals surface area contributed by atoms with Gasteiger partial charge in [-0.1, -0.05) is 12.1 Å². The fourth-order valence-electron chi connectivity index (χ4n) is 1.41. The van der Waals surface area contributed by atoms with E-state index in [9.17, 15) is 4.79 Å². The monoisotopic (exact) mass is 251 g/mol. The summed E-state index contributed by atoms with van der Waals surface area (Å²) >= 11 is 1.45. The summed E-state index contributed by atoms with van der Waals surface area (Å²) in [5, 5.41) is -0.213. The lowest BCUT2D eigenvalue weighted by atomic mass is 10.3. The van der Waals surface area contributed by atoms with Crippen LogP contribution in [0.4, 0.5) is 0 Å². The largest absolute Gasteiger partial charge is 0.468 e. The first-order chi connectivity index (χ1) is 8.20. The number of benzene rings is 1. The Morgan fingerprint density at radius 2 is 2.29 bits per heavy atom. The van der Waals surface area contributed by atoms with Gasteiger partial charge in [-0.3, -0.25) is 4.79 Å². The number of esters is 1. The Labute approximate surface area is 103 Å². The maximum atomic E-state index is 11.2. The van der Waals surface area contributed by atoms with Gasteiger partial charge in [-0.2, -0.15) is 0 Å². The van der Waals surface area contributed by atoms with Crippen molar-refractivity contribution in [3.05, 3.63) is 30.2 Å². The van der Waals surface area contributed by atoms with Crippen molar-refractivity contribution in [2.75, 3.05) is 7.11 Å². The number of rotatable bonds is 4. The molecule has 1 aromatic carbocycles. The first-order valence-electron chi connectivity index (χ1n) is 5.24. The van der Waals surface area contributed by atoms with E-state index < -0.39 is 0 Å². The lowest BCUT2D eigenvalue weighted by Gasteiger charge is -2.06. The van der Waals surface area contributed by atoms with E-state index in [0.717, 1.165) is 11.1 Å². The van der Waals surface area contributed by atoms with E-state index in [4.69, 9.17) is 4.42 Å². The molecule has 17 heavy (non-hydrogen) atoms. The average molecular weight is 251 g/mol. The van der Waals surface area contributed by atoms with E-state index in [1.807, 2.05) is 24.3 Å². The predicted octanol–water partition coefficient (Wildman–Crippen LogP) is 2.62. The lowest BCUT2D eigenvalue weighted by molar-refractivity contribution is -0.139. The molecule has 0 bridgehead atoms. The van der Waals surface area contributed by atoms with E-state index in [1.165, 1.54) is 18.9 Å².